The number of rotatable bonds is 7. The van der Waals surface area contributed by atoms with Crippen LogP contribution in [-0.4, -0.2) is 38.2 Å². The van der Waals surface area contributed by atoms with Crippen LogP contribution in [0.2, 0.25) is 0 Å². The average Bonchev–Trinajstić information content (AvgIpc) is 2.71. The van der Waals surface area contributed by atoms with Crippen LogP contribution in [0.15, 0.2) is 60.7 Å². The van der Waals surface area contributed by atoms with Gasteiger partial charge in [-0.2, -0.15) is 0 Å². The first-order chi connectivity index (χ1) is 13.0. The molecule has 0 aliphatic carbocycles. The zero-order chi connectivity index (χ0) is 19.7. The second-order valence-corrected chi connectivity index (χ2v) is 5.55. The van der Waals surface area contributed by atoms with Gasteiger partial charge in [0.15, 0.2) is 6.61 Å². The second kappa shape index (κ2) is 9.49. The number of hydrogen-bond acceptors (Lipinski definition) is 5. The molecule has 3 amide bonds. The fourth-order valence-electron chi connectivity index (χ4n) is 2.65. The highest BCUT2D eigenvalue weighted by Crippen LogP contribution is 2.35. The van der Waals surface area contributed by atoms with Crippen molar-refractivity contribution in [3.63, 3.8) is 0 Å². The van der Waals surface area contributed by atoms with Crippen LogP contribution >= 0.6 is 0 Å². The number of carbonyl (C=O) groups is 3. The maximum Gasteiger partial charge on any atom is 0.348 e. The van der Waals surface area contributed by atoms with Gasteiger partial charge in [0.25, 0.3) is 5.91 Å². The summed E-state index contributed by atoms with van der Waals surface area (Å²) in [5.41, 5.74) is -0.366. The molecule has 0 aliphatic rings. The molecule has 27 heavy (non-hydrogen) atoms. The van der Waals surface area contributed by atoms with Crippen LogP contribution < -0.4 is 10.6 Å². The molecule has 2 N–H and O–H groups in total. The van der Waals surface area contributed by atoms with Gasteiger partial charge in [-0.3, -0.25) is 10.1 Å². The van der Waals surface area contributed by atoms with Gasteiger partial charge >= 0.3 is 12.0 Å². The number of amides is 3. The molecule has 142 valence electrons. The van der Waals surface area contributed by atoms with Crippen molar-refractivity contribution < 1.29 is 23.9 Å². The molecule has 0 saturated heterocycles. The predicted molar refractivity (Wildman–Crippen MR) is 98.8 cm³/mol. The Morgan fingerprint density at radius 2 is 1.44 bits per heavy atom. The topological polar surface area (TPSA) is 93.7 Å². The van der Waals surface area contributed by atoms with Crippen LogP contribution in [0.4, 0.5) is 4.79 Å². The summed E-state index contributed by atoms with van der Waals surface area (Å²) in [5.74, 6) is -1.48. The molecule has 0 aliphatic heterocycles. The summed E-state index contributed by atoms with van der Waals surface area (Å²) in [4.78, 5) is 36.1. The Hall–Kier alpha value is -3.19. The highest BCUT2D eigenvalue weighted by molar-refractivity contribution is 5.96. The summed E-state index contributed by atoms with van der Waals surface area (Å²) in [6.07, 6.45) is 0. The van der Waals surface area contributed by atoms with Gasteiger partial charge in [0.1, 0.15) is 0 Å². The zero-order valence-electron chi connectivity index (χ0n) is 15.2. The molecule has 7 nitrogen and oxygen atoms in total. The quantitative estimate of drug-likeness (QED) is 0.727. The van der Waals surface area contributed by atoms with E-state index in [0.29, 0.717) is 11.1 Å². The first-order valence-electron chi connectivity index (χ1n) is 8.48. The molecular formula is C20H22N2O5. The molecule has 0 saturated carbocycles. The molecule has 2 aromatic rings. The summed E-state index contributed by atoms with van der Waals surface area (Å²) in [7, 11) is 1.37. The number of hydrogen-bond donors (Lipinski definition) is 2. The molecule has 0 radical (unpaired) electrons. The van der Waals surface area contributed by atoms with Crippen molar-refractivity contribution in [1.82, 2.24) is 10.6 Å². The average molecular weight is 370 g/mol. The Morgan fingerprint density at radius 1 is 0.926 bits per heavy atom. The third kappa shape index (κ3) is 4.71. The molecule has 0 bridgehead atoms. The number of nitrogens with one attached hydrogen (secondary N) is 2. The summed E-state index contributed by atoms with van der Waals surface area (Å²) < 4.78 is 11.1. The lowest BCUT2D eigenvalue weighted by molar-refractivity contribution is -0.170. The lowest BCUT2D eigenvalue weighted by atomic mass is 9.86. The Kier molecular flexibility index (Phi) is 7.08. The third-order valence-electron chi connectivity index (χ3n) is 3.82. The third-order valence-corrected chi connectivity index (χ3v) is 3.82. The van der Waals surface area contributed by atoms with Crippen LogP contribution in [0.5, 0.6) is 0 Å². The highest BCUT2D eigenvalue weighted by Gasteiger charge is 2.45. The van der Waals surface area contributed by atoms with Gasteiger partial charge in [0.05, 0.1) is 0 Å². The second-order valence-electron chi connectivity index (χ2n) is 5.55. The van der Waals surface area contributed by atoms with E-state index in [-0.39, 0.29) is 6.61 Å². The van der Waals surface area contributed by atoms with Gasteiger partial charge in [-0.15, -0.1) is 0 Å². The first-order valence-corrected chi connectivity index (χ1v) is 8.48. The van der Waals surface area contributed by atoms with E-state index in [2.05, 4.69) is 5.32 Å². The van der Waals surface area contributed by atoms with Crippen LogP contribution in [0.1, 0.15) is 18.1 Å². The van der Waals surface area contributed by atoms with Crippen molar-refractivity contribution in [3.8, 4) is 0 Å². The van der Waals surface area contributed by atoms with Crippen molar-refractivity contribution >= 4 is 17.9 Å². The van der Waals surface area contributed by atoms with Crippen molar-refractivity contribution in [2.45, 2.75) is 12.5 Å². The lowest BCUT2D eigenvalue weighted by Crippen LogP contribution is -2.44. The maximum atomic E-state index is 13.1. The van der Waals surface area contributed by atoms with Crippen LogP contribution in [0.3, 0.4) is 0 Å². The van der Waals surface area contributed by atoms with Gasteiger partial charge in [-0.1, -0.05) is 60.7 Å². The van der Waals surface area contributed by atoms with Crippen molar-refractivity contribution in [1.29, 1.82) is 0 Å². The van der Waals surface area contributed by atoms with E-state index in [1.54, 1.807) is 55.5 Å². The summed E-state index contributed by atoms with van der Waals surface area (Å²) in [5, 5.41) is 4.29. The Bertz CT molecular complexity index is 738. The normalized spacial score (nSPS) is 10.7. The van der Waals surface area contributed by atoms with Gasteiger partial charge < -0.3 is 14.8 Å². The largest absolute Gasteiger partial charge is 0.453 e. The van der Waals surface area contributed by atoms with E-state index in [1.807, 2.05) is 17.4 Å². The smallest absolute Gasteiger partial charge is 0.348 e. The first kappa shape index (κ1) is 20.1. The van der Waals surface area contributed by atoms with Crippen molar-refractivity contribution in [2.24, 2.45) is 0 Å². The maximum absolute atomic E-state index is 13.1. The van der Waals surface area contributed by atoms with Crippen molar-refractivity contribution in [3.05, 3.63) is 71.8 Å². The van der Waals surface area contributed by atoms with Gasteiger partial charge in [0, 0.05) is 13.7 Å². The van der Waals surface area contributed by atoms with E-state index < -0.39 is 30.1 Å². The number of benzene rings is 2. The van der Waals surface area contributed by atoms with Crippen LogP contribution in [0.25, 0.3) is 0 Å². The Morgan fingerprint density at radius 3 is 1.89 bits per heavy atom. The van der Waals surface area contributed by atoms with E-state index in [4.69, 9.17) is 9.47 Å². The standard InChI is InChI=1S/C20H22N2O5/c1-3-27-20(15-10-6-4-7-11-15,16-12-8-5-9-13-16)18(24)26-14-17(23)22-19(25)21-2/h4-13H,3,14H2,1-2H3,(H2,21,22,23,25). The number of ether oxygens (including phenoxy) is 2. The lowest BCUT2D eigenvalue weighted by Gasteiger charge is -2.32. The molecule has 2 aromatic carbocycles. The number of urea groups is 1. The van der Waals surface area contributed by atoms with Crippen LogP contribution in [-0.2, 0) is 24.7 Å². The van der Waals surface area contributed by atoms with E-state index in [9.17, 15) is 14.4 Å². The monoisotopic (exact) mass is 370 g/mol. The van der Waals surface area contributed by atoms with E-state index >= 15 is 0 Å². The molecule has 0 unspecified atom stereocenters. The summed E-state index contributed by atoms with van der Waals surface area (Å²) in [6.45, 7) is 1.40. The number of esters is 1. The Labute approximate surface area is 157 Å². The summed E-state index contributed by atoms with van der Waals surface area (Å²) >= 11 is 0. The van der Waals surface area contributed by atoms with Crippen LogP contribution in [0, 0.1) is 0 Å². The fraction of sp³-hybridized carbons (Fsp3) is 0.250. The van der Waals surface area contributed by atoms with Gasteiger partial charge in [0.2, 0.25) is 5.60 Å². The molecule has 0 atom stereocenters. The minimum atomic E-state index is -1.52. The molecule has 0 heterocycles. The fourth-order valence-corrected chi connectivity index (χ4v) is 2.65. The highest BCUT2D eigenvalue weighted by atomic mass is 16.6. The minimum Gasteiger partial charge on any atom is -0.453 e. The Balaban J connectivity index is 2.36. The molecule has 7 heteroatoms. The van der Waals surface area contributed by atoms with E-state index in [1.165, 1.54) is 7.05 Å². The van der Waals surface area contributed by atoms with Gasteiger partial charge in [-0.05, 0) is 18.1 Å². The SMILES string of the molecule is CCOC(C(=O)OCC(=O)NC(=O)NC)(c1ccccc1)c1ccccc1. The van der Waals surface area contributed by atoms with E-state index in [0.717, 1.165) is 0 Å². The summed E-state index contributed by atoms with van der Waals surface area (Å²) in [6, 6.07) is 17.2. The number of carbonyl (C=O) groups excluding carboxylic acids is 3. The molecule has 0 spiro atoms. The molecule has 0 fully saturated rings. The zero-order valence-corrected chi connectivity index (χ0v) is 15.2. The van der Waals surface area contributed by atoms with Crippen molar-refractivity contribution in [2.75, 3.05) is 20.3 Å². The molecular weight excluding hydrogens is 348 g/mol. The predicted octanol–water partition coefficient (Wildman–Crippen LogP) is 1.97. The minimum absolute atomic E-state index is 0.239. The molecule has 2 rings (SSSR count). The molecule has 0 aromatic heterocycles. The van der Waals surface area contributed by atoms with Gasteiger partial charge in [-0.25, -0.2) is 9.59 Å². The number of imide groups is 1.